The molecule has 0 unspecified atom stereocenters. The summed E-state index contributed by atoms with van der Waals surface area (Å²) in [6, 6.07) is 3.69. The van der Waals surface area contributed by atoms with E-state index in [0.717, 1.165) is 44.4 Å². The van der Waals surface area contributed by atoms with E-state index in [-0.39, 0.29) is 12.0 Å². The molecule has 11 heteroatoms. The Bertz CT molecular complexity index is 722. The summed E-state index contributed by atoms with van der Waals surface area (Å²) >= 11 is 0. The molecule has 0 bridgehead atoms. The van der Waals surface area contributed by atoms with Gasteiger partial charge in [-0.2, -0.15) is 13.2 Å². The van der Waals surface area contributed by atoms with Crippen LogP contribution in [-0.4, -0.2) is 73.1 Å². The second kappa shape index (κ2) is 11.2. The van der Waals surface area contributed by atoms with Crippen molar-refractivity contribution in [1.82, 2.24) is 10.2 Å². The fraction of sp³-hybridized carbons (Fsp3) is 0.714. The number of carboxylic acid groups (broad SMARTS) is 1. The van der Waals surface area contributed by atoms with Crippen LogP contribution in [0.15, 0.2) is 22.8 Å². The third-order valence-electron chi connectivity index (χ3n) is 5.94. The van der Waals surface area contributed by atoms with Crippen molar-refractivity contribution in [2.24, 2.45) is 11.8 Å². The lowest BCUT2D eigenvalue weighted by molar-refractivity contribution is -0.192. The Morgan fingerprint density at radius 3 is 2.53 bits per heavy atom. The number of hydrogen-bond acceptors (Lipinski definition) is 6. The van der Waals surface area contributed by atoms with Gasteiger partial charge in [-0.15, -0.1) is 0 Å². The van der Waals surface area contributed by atoms with Crippen molar-refractivity contribution in [1.29, 1.82) is 0 Å². The summed E-state index contributed by atoms with van der Waals surface area (Å²) in [5.41, 5.74) is 0. The Morgan fingerprint density at radius 2 is 1.94 bits per heavy atom. The van der Waals surface area contributed by atoms with E-state index in [0.29, 0.717) is 25.0 Å². The zero-order valence-electron chi connectivity index (χ0n) is 17.7. The highest BCUT2D eigenvalue weighted by atomic mass is 19.4. The van der Waals surface area contributed by atoms with Crippen LogP contribution in [0.5, 0.6) is 0 Å². The van der Waals surface area contributed by atoms with Gasteiger partial charge in [0.25, 0.3) is 0 Å². The summed E-state index contributed by atoms with van der Waals surface area (Å²) in [7, 11) is 0. The molecule has 0 aliphatic carbocycles. The highest BCUT2D eigenvalue weighted by Crippen LogP contribution is 2.35. The monoisotopic (exact) mass is 462 g/mol. The molecule has 0 spiro atoms. The third-order valence-corrected chi connectivity index (χ3v) is 5.94. The summed E-state index contributed by atoms with van der Waals surface area (Å²) in [6.07, 6.45) is 0.738. The second-order valence-corrected chi connectivity index (χ2v) is 8.43. The standard InChI is InChI=1S/C19H28N2O4.C2HF3O2/c22-19(20-10-16-2-1-5-24-16)9-17-8-15-12-21(13-18(15)25-17)11-14-3-6-23-7-4-14;3-2(4,5)1(6)7/h1-2,5,14-15,17-18H,3-4,6-13H2,(H,20,22);(H,6,7)/t15-,17+,18+;/m0./s1. The summed E-state index contributed by atoms with van der Waals surface area (Å²) in [6.45, 7) is 5.59. The maximum absolute atomic E-state index is 12.1. The molecule has 4 rings (SSSR count). The fourth-order valence-electron chi connectivity index (χ4n) is 4.40. The molecule has 8 nitrogen and oxygen atoms in total. The molecule has 0 radical (unpaired) electrons. The topological polar surface area (TPSA) is 101 Å². The molecule has 2 N–H and O–H groups in total. The number of carbonyl (C=O) groups excluding carboxylic acids is 1. The smallest absolute Gasteiger partial charge is 0.475 e. The second-order valence-electron chi connectivity index (χ2n) is 8.43. The highest BCUT2D eigenvalue weighted by Gasteiger charge is 2.42. The Kier molecular flexibility index (Phi) is 8.55. The number of nitrogens with one attached hydrogen (secondary N) is 1. The lowest BCUT2D eigenvalue weighted by Gasteiger charge is -2.27. The van der Waals surface area contributed by atoms with Crippen molar-refractivity contribution in [2.45, 2.75) is 50.6 Å². The van der Waals surface area contributed by atoms with Crippen molar-refractivity contribution in [3.05, 3.63) is 24.2 Å². The molecular formula is C21H29F3N2O6. The largest absolute Gasteiger partial charge is 0.490 e. The van der Waals surface area contributed by atoms with Crippen LogP contribution < -0.4 is 5.32 Å². The van der Waals surface area contributed by atoms with E-state index in [1.807, 2.05) is 12.1 Å². The number of rotatable bonds is 6. The van der Waals surface area contributed by atoms with Crippen molar-refractivity contribution >= 4 is 11.9 Å². The van der Waals surface area contributed by atoms with Crippen molar-refractivity contribution < 1.29 is 41.8 Å². The molecule has 180 valence electrons. The van der Waals surface area contributed by atoms with Crippen LogP contribution in [0.1, 0.15) is 31.4 Å². The van der Waals surface area contributed by atoms with Crippen LogP contribution in [0, 0.1) is 11.8 Å². The zero-order chi connectivity index (χ0) is 23.1. The lowest BCUT2D eigenvalue weighted by Crippen LogP contribution is -2.33. The summed E-state index contributed by atoms with van der Waals surface area (Å²) in [5.74, 6) is -0.576. The van der Waals surface area contributed by atoms with Crippen LogP contribution in [0.2, 0.25) is 0 Å². The van der Waals surface area contributed by atoms with Crippen LogP contribution in [0.4, 0.5) is 13.2 Å². The minimum Gasteiger partial charge on any atom is -0.475 e. The van der Waals surface area contributed by atoms with Gasteiger partial charge >= 0.3 is 12.1 Å². The van der Waals surface area contributed by atoms with Gasteiger partial charge in [-0.1, -0.05) is 0 Å². The van der Waals surface area contributed by atoms with Crippen LogP contribution in [-0.2, 0) is 25.6 Å². The molecule has 3 atom stereocenters. The summed E-state index contributed by atoms with van der Waals surface area (Å²) in [5, 5.41) is 10.0. The number of carbonyl (C=O) groups is 2. The van der Waals surface area contributed by atoms with Gasteiger partial charge in [0.15, 0.2) is 0 Å². The maximum Gasteiger partial charge on any atom is 0.490 e. The van der Waals surface area contributed by atoms with Gasteiger partial charge < -0.3 is 29.2 Å². The molecule has 0 aromatic carbocycles. The molecule has 3 saturated heterocycles. The number of aliphatic carboxylic acids is 1. The average molecular weight is 462 g/mol. The van der Waals surface area contributed by atoms with Crippen LogP contribution >= 0.6 is 0 Å². The number of carboxylic acids is 1. The molecule has 1 aromatic rings. The molecule has 1 amide bonds. The lowest BCUT2D eigenvalue weighted by atomic mass is 9.99. The Labute approximate surface area is 184 Å². The van der Waals surface area contributed by atoms with E-state index in [4.69, 9.17) is 23.8 Å². The van der Waals surface area contributed by atoms with Crippen molar-refractivity contribution in [3.8, 4) is 0 Å². The number of alkyl halides is 3. The first kappa shape index (κ1) is 24.5. The first-order valence-corrected chi connectivity index (χ1v) is 10.8. The number of amides is 1. The quantitative estimate of drug-likeness (QED) is 0.670. The van der Waals surface area contributed by atoms with Gasteiger partial charge in [-0.25, -0.2) is 4.79 Å². The SMILES string of the molecule is O=C(C[C@H]1C[C@H]2CN(CC3CCOCC3)C[C@H]2O1)NCc1ccco1.O=C(O)C(F)(F)F. The predicted molar refractivity (Wildman–Crippen MR) is 106 cm³/mol. The Balaban J connectivity index is 0.000000360. The van der Waals surface area contributed by atoms with Gasteiger partial charge in [-0.3, -0.25) is 4.79 Å². The number of halogens is 3. The van der Waals surface area contributed by atoms with Gasteiger partial charge in [0.2, 0.25) is 5.91 Å². The van der Waals surface area contributed by atoms with Gasteiger partial charge in [0.05, 0.1) is 31.4 Å². The predicted octanol–water partition coefficient (Wildman–Crippen LogP) is 2.44. The number of furan rings is 1. The normalized spacial score (nSPS) is 26.3. The molecule has 3 aliphatic heterocycles. The summed E-state index contributed by atoms with van der Waals surface area (Å²) in [4.78, 5) is 23.5. The maximum atomic E-state index is 12.1. The van der Waals surface area contributed by atoms with Gasteiger partial charge in [0, 0.05) is 38.8 Å². The molecular weight excluding hydrogens is 433 g/mol. The van der Waals surface area contributed by atoms with E-state index in [1.54, 1.807) is 6.26 Å². The highest BCUT2D eigenvalue weighted by molar-refractivity contribution is 5.76. The van der Waals surface area contributed by atoms with E-state index in [2.05, 4.69) is 10.2 Å². The first-order chi connectivity index (χ1) is 15.2. The molecule has 3 aliphatic rings. The minimum absolute atomic E-state index is 0.0421. The van der Waals surface area contributed by atoms with E-state index in [9.17, 15) is 18.0 Å². The van der Waals surface area contributed by atoms with E-state index in [1.165, 1.54) is 19.4 Å². The molecule has 0 saturated carbocycles. The van der Waals surface area contributed by atoms with E-state index >= 15 is 0 Å². The molecule has 4 heterocycles. The zero-order valence-corrected chi connectivity index (χ0v) is 17.7. The number of nitrogens with zero attached hydrogens (tertiary/aromatic N) is 1. The molecule has 3 fully saturated rings. The average Bonchev–Trinajstić information content (AvgIpc) is 3.44. The van der Waals surface area contributed by atoms with Gasteiger partial charge in [0.1, 0.15) is 5.76 Å². The first-order valence-electron chi connectivity index (χ1n) is 10.8. The number of likely N-dealkylation sites (tertiary alicyclic amines) is 1. The number of hydrogen-bond donors (Lipinski definition) is 2. The Morgan fingerprint density at radius 1 is 1.22 bits per heavy atom. The fourth-order valence-corrected chi connectivity index (χ4v) is 4.40. The van der Waals surface area contributed by atoms with Crippen molar-refractivity contribution in [2.75, 3.05) is 32.8 Å². The van der Waals surface area contributed by atoms with Crippen LogP contribution in [0.25, 0.3) is 0 Å². The van der Waals surface area contributed by atoms with Crippen molar-refractivity contribution in [3.63, 3.8) is 0 Å². The molecule has 1 aromatic heterocycles. The number of fused-ring (bicyclic) bond motifs is 1. The van der Waals surface area contributed by atoms with Crippen LogP contribution in [0.3, 0.4) is 0 Å². The number of ether oxygens (including phenoxy) is 2. The third kappa shape index (κ3) is 7.49. The van der Waals surface area contributed by atoms with Gasteiger partial charge in [-0.05, 0) is 37.3 Å². The van der Waals surface area contributed by atoms with E-state index < -0.39 is 12.1 Å². The molecule has 32 heavy (non-hydrogen) atoms. The Hall–Kier alpha value is -2.11. The summed E-state index contributed by atoms with van der Waals surface area (Å²) < 4.78 is 48.6. The minimum atomic E-state index is -5.08.